The van der Waals surface area contributed by atoms with Crippen LogP contribution in [0.25, 0.3) is 0 Å². The van der Waals surface area contributed by atoms with Gasteiger partial charge in [-0.1, -0.05) is 27.7 Å². The second-order valence-corrected chi connectivity index (χ2v) is 7.14. The number of amides is 1. The van der Waals surface area contributed by atoms with E-state index in [4.69, 9.17) is 7.48 Å². The molecule has 0 heterocycles. The topological polar surface area (TPSA) is 55.4 Å². The standard InChI is InChI=1S/C17H33NO3/c1-12(2)8-9-18-16(20)14(10-13(3)4)11-15(19)21-17(5,6)7/h12-14H,8-11H2,1-7H3,(H,18,20)/t14-/m1/s1/i10D2. The second kappa shape index (κ2) is 9.06. The third kappa shape index (κ3) is 11.3. The minimum atomic E-state index is -1.78. The van der Waals surface area contributed by atoms with E-state index in [0.717, 1.165) is 6.42 Å². The second-order valence-electron chi connectivity index (χ2n) is 7.14. The smallest absolute Gasteiger partial charge is 0.307 e. The molecule has 21 heavy (non-hydrogen) atoms. The van der Waals surface area contributed by atoms with E-state index in [1.54, 1.807) is 34.6 Å². The van der Waals surface area contributed by atoms with Gasteiger partial charge in [-0.3, -0.25) is 9.59 Å². The largest absolute Gasteiger partial charge is 0.460 e. The van der Waals surface area contributed by atoms with E-state index in [9.17, 15) is 9.59 Å². The maximum atomic E-state index is 12.4. The molecule has 0 saturated heterocycles. The van der Waals surface area contributed by atoms with Crippen molar-refractivity contribution in [2.45, 2.75) is 73.3 Å². The number of hydrogen-bond acceptors (Lipinski definition) is 3. The number of carbonyl (C=O) groups excluding carboxylic acids is 2. The summed E-state index contributed by atoms with van der Waals surface area (Å²) < 4.78 is 21.7. The molecule has 4 heteroatoms. The van der Waals surface area contributed by atoms with Gasteiger partial charge in [0.05, 0.1) is 6.42 Å². The summed E-state index contributed by atoms with van der Waals surface area (Å²) in [7, 11) is 0. The number of esters is 1. The first-order valence-electron chi connectivity index (χ1n) is 8.77. The summed E-state index contributed by atoms with van der Waals surface area (Å²) in [5, 5.41) is 2.76. The van der Waals surface area contributed by atoms with E-state index in [2.05, 4.69) is 19.2 Å². The van der Waals surface area contributed by atoms with Gasteiger partial charge in [-0.2, -0.15) is 0 Å². The zero-order chi connectivity index (χ0) is 18.4. The SMILES string of the molecule is [2H]C([2H])(C(C)C)[C@H](CC(=O)OC(C)(C)C)C(=O)NCCC(C)C. The van der Waals surface area contributed by atoms with Crippen molar-refractivity contribution in [2.24, 2.45) is 17.8 Å². The highest BCUT2D eigenvalue weighted by Gasteiger charge is 2.26. The molecule has 0 bridgehead atoms. The lowest BCUT2D eigenvalue weighted by molar-refractivity contribution is -0.157. The Kier molecular flexibility index (Phi) is 7.04. The summed E-state index contributed by atoms with van der Waals surface area (Å²) in [5.41, 5.74) is -0.652. The van der Waals surface area contributed by atoms with E-state index in [1.807, 2.05) is 0 Å². The van der Waals surface area contributed by atoms with Gasteiger partial charge in [0.2, 0.25) is 5.91 Å². The Labute approximate surface area is 132 Å². The van der Waals surface area contributed by atoms with Crippen molar-refractivity contribution in [3.05, 3.63) is 0 Å². The Hall–Kier alpha value is -1.06. The van der Waals surface area contributed by atoms with Crippen LogP contribution in [0.1, 0.15) is 70.4 Å². The molecule has 0 aliphatic rings. The molecule has 0 unspecified atom stereocenters. The number of nitrogens with one attached hydrogen (secondary N) is 1. The number of carbonyl (C=O) groups is 2. The van der Waals surface area contributed by atoms with Crippen LogP contribution in [0.4, 0.5) is 0 Å². The Morgan fingerprint density at radius 3 is 2.14 bits per heavy atom. The first-order valence-corrected chi connectivity index (χ1v) is 7.77. The molecule has 0 radical (unpaired) electrons. The van der Waals surface area contributed by atoms with E-state index < -0.39 is 29.8 Å². The van der Waals surface area contributed by atoms with Gasteiger partial charge in [-0.25, -0.2) is 0 Å². The highest BCUT2D eigenvalue weighted by molar-refractivity contribution is 5.83. The molecule has 1 atom stereocenters. The van der Waals surface area contributed by atoms with Gasteiger partial charge < -0.3 is 10.1 Å². The van der Waals surface area contributed by atoms with Crippen LogP contribution in [0.5, 0.6) is 0 Å². The predicted octanol–water partition coefficient (Wildman–Crippen LogP) is 3.54. The quantitative estimate of drug-likeness (QED) is 0.698. The van der Waals surface area contributed by atoms with Crippen molar-refractivity contribution >= 4 is 11.9 Å². The van der Waals surface area contributed by atoms with Crippen LogP contribution in [0, 0.1) is 17.8 Å². The molecule has 0 spiro atoms. The molecule has 0 aliphatic heterocycles. The maximum Gasteiger partial charge on any atom is 0.307 e. The van der Waals surface area contributed by atoms with Gasteiger partial charge in [-0.15, -0.1) is 0 Å². The molecule has 1 N–H and O–H groups in total. The van der Waals surface area contributed by atoms with Gasteiger partial charge in [0.1, 0.15) is 5.60 Å². The molecule has 124 valence electrons. The summed E-state index contributed by atoms with van der Waals surface area (Å²) in [5.74, 6) is -1.96. The maximum absolute atomic E-state index is 12.4. The number of hydrogen-bond donors (Lipinski definition) is 1. The van der Waals surface area contributed by atoms with Crippen molar-refractivity contribution in [1.82, 2.24) is 5.32 Å². The zero-order valence-electron chi connectivity index (χ0n) is 16.6. The van der Waals surface area contributed by atoms with Gasteiger partial charge in [-0.05, 0) is 45.4 Å². The van der Waals surface area contributed by atoms with E-state index in [1.165, 1.54) is 0 Å². The van der Waals surface area contributed by atoms with Crippen LogP contribution < -0.4 is 5.32 Å². The van der Waals surface area contributed by atoms with E-state index in [0.29, 0.717) is 12.5 Å². The average Bonchev–Trinajstić information content (AvgIpc) is 2.32. The fourth-order valence-electron chi connectivity index (χ4n) is 1.79. The minimum Gasteiger partial charge on any atom is -0.460 e. The van der Waals surface area contributed by atoms with Crippen LogP contribution in [-0.2, 0) is 14.3 Å². The highest BCUT2D eigenvalue weighted by atomic mass is 16.6. The van der Waals surface area contributed by atoms with Crippen molar-refractivity contribution in [2.75, 3.05) is 6.54 Å². The molecule has 0 rings (SSSR count). The van der Waals surface area contributed by atoms with Crippen molar-refractivity contribution < 1.29 is 17.1 Å². The van der Waals surface area contributed by atoms with Crippen LogP contribution in [0.15, 0.2) is 0 Å². The van der Waals surface area contributed by atoms with Gasteiger partial charge in [0.25, 0.3) is 0 Å². The molecule has 1 amide bonds. The zero-order valence-corrected chi connectivity index (χ0v) is 14.6. The van der Waals surface area contributed by atoms with Gasteiger partial charge in [0, 0.05) is 15.2 Å². The lowest BCUT2D eigenvalue weighted by atomic mass is 9.93. The molecular formula is C17H33NO3. The summed E-state index contributed by atoms with van der Waals surface area (Å²) >= 11 is 0. The molecule has 0 fully saturated rings. The van der Waals surface area contributed by atoms with Crippen LogP contribution in [-0.4, -0.2) is 24.0 Å². The molecule has 0 aliphatic carbocycles. The third-order valence-corrected chi connectivity index (χ3v) is 2.66. The van der Waals surface area contributed by atoms with Gasteiger partial charge in [0.15, 0.2) is 0 Å². The number of rotatable bonds is 8. The van der Waals surface area contributed by atoms with E-state index in [-0.39, 0.29) is 12.3 Å². The van der Waals surface area contributed by atoms with Crippen molar-refractivity contribution in [3.63, 3.8) is 0 Å². The fraction of sp³-hybridized carbons (Fsp3) is 0.882. The van der Waals surface area contributed by atoms with Gasteiger partial charge >= 0.3 is 5.97 Å². The molecule has 0 aromatic rings. The molecule has 0 aromatic heterocycles. The van der Waals surface area contributed by atoms with Crippen molar-refractivity contribution in [1.29, 1.82) is 0 Å². The Morgan fingerprint density at radius 2 is 1.71 bits per heavy atom. The molecule has 4 nitrogen and oxygen atoms in total. The molecule has 0 aromatic carbocycles. The first-order chi connectivity index (χ1) is 10.3. The lowest BCUT2D eigenvalue weighted by Gasteiger charge is -2.23. The highest BCUT2D eigenvalue weighted by Crippen LogP contribution is 2.19. The molecule has 0 saturated carbocycles. The van der Waals surface area contributed by atoms with Crippen LogP contribution in [0.3, 0.4) is 0 Å². The molecular weight excluding hydrogens is 266 g/mol. The third-order valence-electron chi connectivity index (χ3n) is 2.66. The van der Waals surface area contributed by atoms with Crippen LogP contribution >= 0.6 is 0 Å². The average molecular weight is 301 g/mol. The predicted molar refractivity (Wildman–Crippen MR) is 85.9 cm³/mol. The van der Waals surface area contributed by atoms with E-state index >= 15 is 0 Å². The number of ether oxygens (including phenoxy) is 1. The lowest BCUT2D eigenvalue weighted by Crippen LogP contribution is -2.35. The van der Waals surface area contributed by atoms with Crippen molar-refractivity contribution in [3.8, 4) is 0 Å². The monoisotopic (exact) mass is 301 g/mol. The minimum absolute atomic E-state index is 0.254. The fourth-order valence-corrected chi connectivity index (χ4v) is 1.79. The Morgan fingerprint density at radius 1 is 1.14 bits per heavy atom. The van der Waals surface area contributed by atoms with Crippen LogP contribution in [0.2, 0.25) is 0 Å². The Balaban J connectivity index is 5.03. The summed E-state index contributed by atoms with van der Waals surface area (Å²) in [4.78, 5) is 24.5. The first kappa shape index (κ1) is 16.3. The normalized spacial score (nSPS) is 15.5. The summed E-state index contributed by atoms with van der Waals surface area (Å²) in [6, 6.07) is 0. The Bertz CT molecular complexity index is 401. The summed E-state index contributed by atoms with van der Waals surface area (Å²) in [6.45, 7) is 13.3. The summed E-state index contributed by atoms with van der Waals surface area (Å²) in [6.07, 6.45) is -1.22.